The number of hydrogen-bond donors (Lipinski definition) is 1. The zero-order chi connectivity index (χ0) is 23.0. The average Bonchev–Trinajstić information content (AvgIpc) is 3.30. The van der Waals surface area contributed by atoms with E-state index in [0.29, 0.717) is 22.5 Å². The van der Waals surface area contributed by atoms with E-state index in [9.17, 15) is 22.8 Å². The summed E-state index contributed by atoms with van der Waals surface area (Å²) in [5.41, 5.74) is 0.942. The summed E-state index contributed by atoms with van der Waals surface area (Å²) in [4.78, 5) is 48.0. The van der Waals surface area contributed by atoms with E-state index in [1.54, 1.807) is 11.3 Å². The molecule has 0 bridgehead atoms. The maximum atomic E-state index is 12.6. The van der Waals surface area contributed by atoms with Gasteiger partial charge in [0.15, 0.2) is 15.9 Å². The molecule has 1 aliphatic carbocycles. The van der Waals surface area contributed by atoms with E-state index in [2.05, 4.69) is 9.97 Å². The van der Waals surface area contributed by atoms with Crippen LogP contribution in [0.1, 0.15) is 48.9 Å². The lowest BCUT2D eigenvalue weighted by molar-refractivity contribution is -0.159. The van der Waals surface area contributed by atoms with Crippen LogP contribution in [0.5, 0.6) is 0 Å². The molecule has 0 spiro atoms. The Morgan fingerprint density at radius 3 is 2.78 bits per heavy atom. The third-order valence-corrected chi connectivity index (χ3v) is 9.14. The first kappa shape index (κ1) is 22.9. The van der Waals surface area contributed by atoms with Crippen molar-refractivity contribution in [3.63, 3.8) is 0 Å². The fourth-order valence-corrected chi connectivity index (χ4v) is 7.46. The van der Waals surface area contributed by atoms with Crippen LogP contribution in [0, 0.1) is 0 Å². The molecule has 1 saturated heterocycles. The number of aromatic nitrogens is 2. The van der Waals surface area contributed by atoms with Crippen LogP contribution in [0.3, 0.4) is 0 Å². The lowest BCUT2D eigenvalue weighted by atomic mass is 9.97. The van der Waals surface area contributed by atoms with Gasteiger partial charge in [-0.1, -0.05) is 0 Å². The molecule has 32 heavy (non-hydrogen) atoms. The number of likely N-dealkylation sites (N-methyl/N-ethyl adjacent to an activating group) is 1. The topological polar surface area (TPSA) is 126 Å². The van der Waals surface area contributed by atoms with Crippen molar-refractivity contribution in [1.29, 1.82) is 0 Å². The van der Waals surface area contributed by atoms with Gasteiger partial charge < -0.3 is 14.6 Å². The molecule has 2 atom stereocenters. The van der Waals surface area contributed by atoms with Crippen molar-refractivity contribution in [1.82, 2.24) is 14.9 Å². The highest BCUT2D eigenvalue weighted by Gasteiger charge is 2.35. The van der Waals surface area contributed by atoms with Gasteiger partial charge in [0.2, 0.25) is 0 Å². The third kappa shape index (κ3) is 4.73. The number of thiophene rings is 1. The second-order valence-electron chi connectivity index (χ2n) is 8.54. The van der Waals surface area contributed by atoms with E-state index >= 15 is 0 Å². The first-order valence-corrected chi connectivity index (χ1v) is 13.5. The van der Waals surface area contributed by atoms with Crippen LogP contribution < -0.4 is 5.56 Å². The van der Waals surface area contributed by atoms with E-state index in [0.717, 1.165) is 31.2 Å². The molecule has 1 N–H and O–H groups in total. The zero-order valence-corrected chi connectivity index (χ0v) is 19.8. The van der Waals surface area contributed by atoms with Gasteiger partial charge in [-0.25, -0.2) is 13.4 Å². The summed E-state index contributed by atoms with van der Waals surface area (Å²) in [6, 6.07) is -0.397. The summed E-state index contributed by atoms with van der Waals surface area (Å²) in [6.07, 6.45) is 3.62. The Labute approximate surface area is 190 Å². The maximum Gasteiger partial charge on any atom is 0.307 e. The number of nitrogens with one attached hydrogen (secondary N) is 1. The van der Waals surface area contributed by atoms with Gasteiger partial charge in [0.1, 0.15) is 10.7 Å². The highest BCUT2D eigenvalue weighted by Crippen LogP contribution is 2.33. The predicted octanol–water partition coefficient (Wildman–Crippen LogP) is 1.37. The average molecular weight is 482 g/mol. The molecule has 2 aromatic heterocycles. The van der Waals surface area contributed by atoms with Crippen molar-refractivity contribution in [2.24, 2.45) is 0 Å². The Morgan fingerprint density at radius 1 is 1.31 bits per heavy atom. The smallest absolute Gasteiger partial charge is 0.307 e. The van der Waals surface area contributed by atoms with Gasteiger partial charge in [0, 0.05) is 24.4 Å². The summed E-state index contributed by atoms with van der Waals surface area (Å²) in [5, 5.41) is 0.673. The molecular formula is C21H27N3O6S2. The number of carbonyl (C=O) groups excluding carboxylic acids is 2. The van der Waals surface area contributed by atoms with Crippen molar-refractivity contribution >= 4 is 43.3 Å². The highest BCUT2D eigenvalue weighted by molar-refractivity contribution is 7.91. The van der Waals surface area contributed by atoms with Crippen molar-refractivity contribution in [2.45, 2.75) is 64.0 Å². The van der Waals surface area contributed by atoms with Gasteiger partial charge in [-0.3, -0.25) is 14.4 Å². The van der Waals surface area contributed by atoms with Crippen molar-refractivity contribution in [2.75, 3.05) is 18.6 Å². The van der Waals surface area contributed by atoms with E-state index in [-0.39, 0.29) is 29.9 Å². The maximum absolute atomic E-state index is 12.6. The fraction of sp³-hybridized carbons (Fsp3) is 0.619. The second-order valence-corrected chi connectivity index (χ2v) is 11.9. The van der Waals surface area contributed by atoms with Gasteiger partial charge in [-0.2, -0.15) is 0 Å². The van der Waals surface area contributed by atoms with Crippen LogP contribution in [-0.4, -0.2) is 65.9 Å². The molecule has 0 aromatic carbocycles. The van der Waals surface area contributed by atoms with Crippen molar-refractivity contribution < 1.29 is 22.7 Å². The number of rotatable bonds is 6. The number of hydrogen-bond acceptors (Lipinski definition) is 8. The lowest BCUT2D eigenvalue weighted by Gasteiger charge is -2.26. The van der Waals surface area contributed by atoms with E-state index in [4.69, 9.17) is 4.74 Å². The third-order valence-electron chi connectivity index (χ3n) is 6.20. The minimum absolute atomic E-state index is 0.0291. The number of aromatic amines is 1. The SMILES string of the molecule is C[C@H](OC(=O)CCc1nc2sc3c(c2c(=O)[nH]1)CCCC3)C(=O)N(C)[C@@H]1CCS(=O)(=O)C1. The van der Waals surface area contributed by atoms with Gasteiger partial charge in [-0.15, -0.1) is 11.3 Å². The molecule has 1 fully saturated rings. The predicted molar refractivity (Wildman–Crippen MR) is 121 cm³/mol. The number of amides is 1. The van der Waals surface area contributed by atoms with Gasteiger partial charge in [0.25, 0.3) is 11.5 Å². The summed E-state index contributed by atoms with van der Waals surface area (Å²) in [7, 11) is -1.59. The standard InChI is InChI=1S/C21H27N3O6S2/c1-12(21(27)24(2)13-9-10-32(28,29)11-13)30-17(25)8-7-16-22-19(26)18-14-5-3-4-6-15(14)31-20(18)23-16/h12-13H,3-11H2,1-2H3,(H,22,23,26)/t12-,13+/m0/s1. The second kappa shape index (κ2) is 8.93. The summed E-state index contributed by atoms with van der Waals surface area (Å²) < 4.78 is 28.5. The number of sulfone groups is 1. The number of ether oxygens (including phenoxy) is 1. The fourth-order valence-electron chi connectivity index (χ4n) is 4.40. The molecule has 11 heteroatoms. The summed E-state index contributed by atoms with van der Waals surface area (Å²) in [5.74, 6) is -0.593. The number of carbonyl (C=O) groups is 2. The molecule has 1 aliphatic heterocycles. The summed E-state index contributed by atoms with van der Waals surface area (Å²) in [6.45, 7) is 1.47. The molecule has 1 amide bonds. The quantitative estimate of drug-likeness (QED) is 0.618. The Kier molecular flexibility index (Phi) is 6.39. The number of H-pyrrole nitrogens is 1. The molecule has 3 heterocycles. The van der Waals surface area contributed by atoms with Crippen LogP contribution >= 0.6 is 11.3 Å². The Balaban J connectivity index is 1.35. The molecule has 9 nitrogen and oxygen atoms in total. The molecule has 174 valence electrons. The van der Waals surface area contributed by atoms with Gasteiger partial charge >= 0.3 is 5.97 Å². The van der Waals surface area contributed by atoms with Gasteiger partial charge in [0.05, 0.1) is 23.3 Å². The van der Waals surface area contributed by atoms with Crippen LogP contribution in [0.4, 0.5) is 0 Å². The Hall–Kier alpha value is -2.27. The van der Waals surface area contributed by atoms with Crippen LogP contribution in [0.25, 0.3) is 10.2 Å². The molecule has 2 aliphatic rings. The Morgan fingerprint density at radius 2 is 2.06 bits per heavy atom. The molecule has 2 aromatic rings. The molecule has 0 unspecified atom stereocenters. The van der Waals surface area contributed by atoms with Crippen LogP contribution in [0.15, 0.2) is 4.79 Å². The largest absolute Gasteiger partial charge is 0.453 e. The first-order chi connectivity index (χ1) is 15.1. The van der Waals surface area contributed by atoms with Crippen molar-refractivity contribution in [3.05, 3.63) is 26.6 Å². The van der Waals surface area contributed by atoms with Gasteiger partial charge in [-0.05, 0) is 44.6 Å². The van der Waals surface area contributed by atoms with E-state index in [1.165, 1.54) is 23.7 Å². The van der Waals surface area contributed by atoms with Crippen molar-refractivity contribution in [3.8, 4) is 0 Å². The normalized spacial score (nSPS) is 20.6. The minimum atomic E-state index is -3.12. The Bertz CT molecular complexity index is 1220. The van der Waals surface area contributed by atoms with E-state index < -0.39 is 33.9 Å². The molecule has 0 radical (unpaired) electrons. The molecular weight excluding hydrogens is 454 g/mol. The number of esters is 1. The zero-order valence-electron chi connectivity index (χ0n) is 18.2. The monoisotopic (exact) mass is 481 g/mol. The number of nitrogens with zero attached hydrogens (tertiary/aromatic N) is 2. The minimum Gasteiger partial charge on any atom is -0.453 e. The van der Waals surface area contributed by atoms with Crippen LogP contribution in [-0.2, 0) is 43.4 Å². The highest BCUT2D eigenvalue weighted by atomic mass is 32.2. The summed E-state index contributed by atoms with van der Waals surface area (Å²) >= 11 is 1.55. The number of aryl methyl sites for hydroxylation is 3. The van der Waals surface area contributed by atoms with E-state index in [1.807, 2.05) is 0 Å². The molecule has 0 saturated carbocycles. The lowest BCUT2D eigenvalue weighted by Crippen LogP contribution is -2.44. The van der Waals surface area contributed by atoms with Crippen LogP contribution in [0.2, 0.25) is 0 Å². The first-order valence-electron chi connectivity index (χ1n) is 10.8. The number of fused-ring (bicyclic) bond motifs is 3. The molecule has 4 rings (SSSR count).